The van der Waals surface area contributed by atoms with Gasteiger partial charge in [0.25, 0.3) is 0 Å². The number of hydrogen-bond donors (Lipinski definition) is 1. The molecule has 0 aliphatic rings. The molecule has 0 rings (SSSR count). The number of ether oxygens (including phenoxy) is 4. The lowest BCUT2D eigenvalue weighted by molar-refractivity contribution is -0.00183. The smallest absolute Gasteiger partial charge is 0.379 e. The SMILES string of the molecule is CC(C)CCCOCCOCCOCCOCCNC(=O)F. The zero-order chi connectivity index (χ0) is 16.5. The molecule has 0 saturated heterocycles. The first-order valence-corrected chi connectivity index (χ1v) is 7.87. The van der Waals surface area contributed by atoms with Crippen molar-refractivity contribution in [2.24, 2.45) is 5.92 Å². The summed E-state index contributed by atoms with van der Waals surface area (Å²) >= 11 is 0. The van der Waals surface area contributed by atoms with E-state index in [9.17, 15) is 9.18 Å². The van der Waals surface area contributed by atoms with Crippen LogP contribution in [0.25, 0.3) is 0 Å². The van der Waals surface area contributed by atoms with E-state index in [1.54, 1.807) is 0 Å². The van der Waals surface area contributed by atoms with Crippen molar-refractivity contribution in [3.05, 3.63) is 0 Å². The lowest BCUT2D eigenvalue weighted by atomic mass is 10.1. The van der Waals surface area contributed by atoms with E-state index in [1.165, 1.54) is 6.42 Å². The fourth-order valence-electron chi connectivity index (χ4n) is 1.58. The molecule has 0 heterocycles. The molecule has 1 N–H and O–H groups in total. The summed E-state index contributed by atoms with van der Waals surface area (Å²) < 4.78 is 32.9. The lowest BCUT2D eigenvalue weighted by Crippen LogP contribution is -2.23. The number of hydrogen-bond acceptors (Lipinski definition) is 5. The topological polar surface area (TPSA) is 66.0 Å². The van der Waals surface area contributed by atoms with Crippen molar-refractivity contribution in [2.45, 2.75) is 26.7 Å². The Labute approximate surface area is 132 Å². The fourth-order valence-corrected chi connectivity index (χ4v) is 1.58. The van der Waals surface area contributed by atoms with E-state index >= 15 is 0 Å². The molecule has 0 fully saturated rings. The summed E-state index contributed by atoms with van der Waals surface area (Å²) in [7, 11) is 0. The van der Waals surface area contributed by atoms with Crippen LogP contribution in [0, 0.1) is 5.92 Å². The normalized spacial score (nSPS) is 11.1. The van der Waals surface area contributed by atoms with Gasteiger partial charge >= 0.3 is 6.16 Å². The van der Waals surface area contributed by atoms with E-state index in [1.807, 2.05) is 5.32 Å². The molecule has 22 heavy (non-hydrogen) atoms. The second-order valence-corrected chi connectivity index (χ2v) is 5.19. The molecule has 0 atom stereocenters. The third-order valence-corrected chi connectivity index (χ3v) is 2.70. The van der Waals surface area contributed by atoms with Crippen molar-refractivity contribution in [1.82, 2.24) is 5.32 Å². The Bertz CT molecular complexity index is 254. The van der Waals surface area contributed by atoms with Gasteiger partial charge < -0.3 is 24.3 Å². The van der Waals surface area contributed by atoms with Crippen LogP contribution in [-0.4, -0.2) is 65.6 Å². The van der Waals surface area contributed by atoms with Gasteiger partial charge in [0.1, 0.15) is 0 Å². The van der Waals surface area contributed by atoms with Gasteiger partial charge in [-0.3, -0.25) is 0 Å². The second-order valence-electron chi connectivity index (χ2n) is 5.19. The van der Waals surface area contributed by atoms with Crippen LogP contribution in [0.3, 0.4) is 0 Å². The van der Waals surface area contributed by atoms with Crippen molar-refractivity contribution in [1.29, 1.82) is 0 Å². The monoisotopic (exact) mass is 323 g/mol. The van der Waals surface area contributed by atoms with Gasteiger partial charge in [-0.2, -0.15) is 0 Å². The maximum Gasteiger partial charge on any atom is 0.397 e. The van der Waals surface area contributed by atoms with Gasteiger partial charge in [-0.15, -0.1) is 4.39 Å². The first kappa shape index (κ1) is 21.2. The fraction of sp³-hybridized carbons (Fsp3) is 0.933. The molecular formula is C15H30FNO5. The molecule has 0 bridgehead atoms. The molecule has 7 heteroatoms. The van der Waals surface area contributed by atoms with Gasteiger partial charge in [0.2, 0.25) is 0 Å². The Morgan fingerprint density at radius 3 is 1.77 bits per heavy atom. The average Bonchev–Trinajstić information content (AvgIpc) is 2.46. The molecule has 0 aliphatic carbocycles. The van der Waals surface area contributed by atoms with Gasteiger partial charge in [-0.25, -0.2) is 4.79 Å². The van der Waals surface area contributed by atoms with Gasteiger partial charge in [-0.05, 0) is 18.8 Å². The summed E-state index contributed by atoms with van der Waals surface area (Å²) in [5.41, 5.74) is 0. The molecule has 0 aromatic rings. The van der Waals surface area contributed by atoms with Gasteiger partial charge in [0.15, 0.2) is 0 Å². The predicted molar refractivity (Wildman–Crippen MR) is 81.9 cm³/mol. The minimum absolute atomic E-state index is 0.162. The minimum atomic E-state index is -1.54. The standard InChI is InChI=1S/C15H30FNO5/c1-14(2)4-3-6-19-8-10-21-12-13-22-11-9-20-7-5-17-15(16)18/h14H,3-13H2,1-2H3,(H,17,18). The van der Waals surface area contributed by atoms with Crippen LogP contribution in [-0.2, 0) is 18.9 Å². The van der Waals surface area contributed by atoms with Crippen LogP contribution in [0.2, 0.25) is 0 Å². The van der Waals surface area contributed by atoms with Crippen LogP contribution in [0.5, 0.6) is 0 Å². The summed E-state index contributed by atoms with van der Waals surface area (Å²) in [4.78, 5) is 9.92. The van der Waals surface area contributed by atoms with E-state index in [0.717, 1.165) is 18.9 Å². The minimum Gasteiger partial charge on any atom is -0.379 e. The molecule has 1 amide bonds. The highest BCUT2D eigenvalue weighted by molar-refractivity contribution is 5.65. The summed E-state index contributed by atoms with van der Waals surface area (Å²) in [5.74, 6) is 0.725. The predicted octanol–water partition coefficient (Wildman–Crippen LogP) is 2.17. The van der Waals surface area contributed by atoms with E-state index in [-0.39, 0.29) is 13.2 Å². The third kappa shape index (κ3) is 19.2. The molecule has 132 valence electrons. The average molecular weight is 323 g/mol. The Kier molecular flexibility index (Phi) is 16.0. The largest absolute Gasteiger partial charge is 0.397 e. The molecular weight excluding hydrogens is 293 g/mol. The summed E-state index contributed by atoms with van der Waals surface area (Å²) in [6.45, 7) is 8.68. The molecule has 0 spiro atoms. The van der Waals surface area contributed by atoms with Crippen molar-refractivity contribution < 1.29 is 28.1 Å². The highest BCUT2D eigenvalue weighted by Gasteiger charge is 1.96. The number of amides is 1. The number of halogens is 1. The van der Waals surface area contributed by atoms with Crippen LogP contribution in [0.1, 0.15) is 26.7 Å². The molecule has 0 unspecified atom stereocenters. The molecule has 0 aromatic heterocycles. The number of carbonyl (C=O) groups excluding carboxylic acids is 1. The van der Waals surface area contributed by atoms with Crippen molar-refractivity contribution in [3.8, 4) is 0 Å². The first-order valence-electron chi connectivity index (χ1n) is 7.87. The number of nitrogens with one attached hydrogen (secondary N) is 1. The highest BCUT2D eigenvalue weighted by atomic mass is 19.1. The van der Waals surface area contributed by atoms with Crippen LogP contribution < -0.4 is 5.32 Å². The zero-order valence-electron chi connectivity index (χ0n) is 13.8. The Morgan fingerprint density at radius 2 is 1.32 bits per heavy atom. The summed E-state index contributed by atoms with van der Waals surface area (Å²) in [5, 5.41) is 1.99. The summed E-state index contributed by atoms with van der Waals surface area (Å²) in [6, 6.07) is 0. The van der Waals surface area contributed by atoms with Crippen LogP contribution in [0.4, 0.5) is 9.18 Å². The van der Waals surface area contributed by atoms with Crippen LogP contribution >= 0.6 is 0 Å². The Morgan fingerprint density at radius 1 is 0.864 bits per heavy atom. The quantitative estimate of drug-likeness (QED) is 0.268. The van der Waals surface area contributed by atoms with Gasteiger partial charge in [-0.1, -0.05) is 13.8 Å². The lowest BCUT2D eigenvalue weighted by Gasteiger charge is -2.08. The Hall–Kier alpha value is -0.760. The number of rotatable bonds is 16. The van der Waals surface area contributed by atoms with E-state index in [2.05, 4.69) is 13.8 Å². The van der Waals surface area contributed by atoms with E-state index in [4.69, 9.17) is 18.9 Å². The van der Waals surface area contributed by atoms with Crippen LogP contribution in [0.15, 0.2) is 0 Å². The Balaban J connectivity index is 2.98. The van der Waals surface area contributed by atoms with E-state index in [0.29, 0.717) is 39.6 Å². The van der Waals surface area contributed by atoms with Crippen molar-refractivity contribution >= 4 is 6.16 Å². The van der Waals surface area contributed by atoms with E-state index < -0.39 is 6.16 Å². The maximum absolute atomic E-state index is 11.7. The first-order chi connectivity index (χ1) is 10.6. The van der Waals surface area contributed by atoms with Gasteiger partial charge in [0.05, 0.1) is 46.2 Å². The highest BCUT2D eigenvalue weighted by Crippen LogP contribution is 2.02. The molecule has 0 aliphatic heterocycles. The second kappa shape index (κ2) is 16.6. The molecule has 0 saturated carbocycles. The molecule has 0 aromatic carbocycles. The zero-order valence-corrected chi connectivity index (χ0v) is 13.8. The maximum atomic E-state index is 11.7. The molecule has 0 radical (unpaired) electrons. The summed E-state index contributed by atoms with van der Waals surface area (Å²) in [6.07, 6.45) is 0.744. The molecule has 6 nitrogen and oxygen atoms in total. The number of carbonyl (C=O) groups is 1. The van der Waals surface area contributed by atoms with Crippen molar-refractivity contribution in [3.63, 3.8) is 0 Å². The van der Waals surface area contributed by atoms with Crippen molar-refractivity contribution in [2.75, 3.05) is 59.4 Å². The van der Waals surface area contributed by atoms with Gasteiger partial charge in [0, 0.05) is 13.2 Å². The third-order valence-electron chi connectivity index (χ3n) is 2.70.